The quantitative estimate of drug-likeness (QED) is 0.191. The highest BCUT2D eigenvalue weighted by Gasteiger charge is 2.38. The molecule has 1 saturated carbocycles. The van der Waals surface area contributed by atoms with Crippen LogP contribution in [0.5, 0.6) is 0 Å². The Morgan fingerprint density at radius 1 is 0.417 bits per heavy atom. The molecule has 2 nitrogen and oxygen atoms in total. The molecule has 0 unspecified atom stereocenters. The van der Waals surface area contributed by atoms with E-state index >= 15 is 0 Å². The number of hydrogen-bond donors (Lipinski definition) is 0. The first kappa shape index (κ1) is 32.0. The molecule has 3 aliphatic carbocycles. The van der Waals surface area contributed by atoms with Crippen molar-refractivity contribution in [3.63, 3.8) is 0 Å². The first-order valence-corrected chi connectivity index (χ1v) is 18.1. The van der Waals surface area contributed by atoms with Crippen LogP contribution in [0, 0.1) is 20.8 Å². The number of nitrogens with zero attached hydrogens (tertiary/aromatic N) is 2. The maximum atomic E-state index is 2.54. The van der Waals surface area contributed by atoms with E-state index in [0.717, 1.165) is 25.7 Å². The molecule has 4 aromatic carbocycles. The van der Waals surface area contributed by atoms with E-state index in [-0.39, 0.29) is 5.41 Å². The Morgan fingerprint density at radius 3 is 1.29 bits per heavy atom. The van der Waals surface area contributed by atoms with E-state index in [4.69, 9.17) is 0 Å². The van der Waals surface area contributed by atoms with Gasteiger partial charge in [0.15, 0.2) is 0 Å². The standard InChI is InChI=1S/C46H50N2/c1-34-8-20-40(21-9-34)47(41-22-10-35(2)11-23-41)44-28-16-38(17-29-44)46(32-6-5-7-33-46)39-18-30-45(31-19-39)48(42-24-12-36(3)13-25-42)43-26-14-37(4)15-27-43/h8-14,16-18,20-26,28-30H,5-7,15,19,27,31-33H2,1-4H3. The number of rotatable bonds is 8. The Balaban J connectivity index is 1.23. The van der Waals surface area contributed by atoms with Crippen molar-refractivity contribution in [2.75, 3.05) is 9.80 Å². The van der Waals surface area contributed by atoms with Crippen LogP contribution in [0.2, 0.25) is 0 Å². The van der Waals surface area contributed by atoms with Gasteiger partial charge in [-0.2, -0.15) is 0 Å². The molecule has 3 aliphatic rings. The molecule has 0 saturated heterocycles. The third-order valence-electron chi connectivity index (χ3n) is 10.9. The molecule has 0 amide bonds. The van der Waals surface area contributed by atoms with Gasteiger partial charge in [-0.15, -0.1) is 0 Å². The van der Waals surface area contributed by atoms with E-state index in [1.54, 1.807) is 5.57 Å². The predicted molar refractivity (Wildman–Crippen MR) is 205 cm³/mol. The monoisotopic (exact) mass is 630 g/mol. The van der Waals surface area contributed by atoms with Gasteiger partial charge in [0.1, 0.15) is 0 Å². The zero-order valence-corrected chi connectivity index (χ0v) is 29.3. The molecule has 0 spiro atoms. The lowest BCUT2D eigenvalue weighted by Gasteiger charge is -2.42. The molecular formula is C46H50N2. The van der Waals surface area contributed by atoms with Gasteiger partial charge in [0, 0.05) is 39.6 Å². The van der Waals surface area contributed by atoms with Crippen molar-refractivity contribution in [1.82, 2.24) is 0 Å². The number of aryl methyl sites for hydroxylation is 3. The summed E-state index contributed by atoms with van der Waals surface area (Å²) in [6.45, 7) is 8.73. The Hall–Kier alpha value is -4.56. The smallest absolute Gasteiger partial charge is 0.0461 e. The summed E-state index contributed by atoms with van der Waals surface area (Å²) in [5.74, 6) is 0. The normalized spacial score (nSPS) is 17.5. The van der Waals surface area contributed by atoms with Crippen molar-refractivity contribution < 1.29 is 0 Å². The van der Waals surface area contributed by atoms with E-state index in [1.807, 2.05) is 0 Å². The molecule has 0 aromatic heterocycles. The Labute approximate surface area is 288 Å². The van der Waals surface area contributed by atoms with Gasteiger partial charge in [-0.3, -0.25) is 0 Å². The Bertz CT molecular complexity index is 1800. The Kier molecular flexibility index (Phi) is 9.26. The van der Waals surface area contributed by atoms with Crippen molar-refractivity contribution >= 4 is 22.7 Å². The SMILES string of the molecule is CC1=CC=C(N(C2=CC=C(C3(c4ccc(N(c5ccc(C)cc5)c5ccc(C)cc5)cc4)CCCCC3)CC2)c2ccc(C)cc2)CC1. The van der Waals surface area contributed by atoms with Gasteiger partial charge in [-0.05, 0) is 132 Å². The number of benzene rings is 4. The molecule has 0 heterocycles. The van der Waals surface area contributed by atoms with E-state index in [9.17, 15) is 0 Å². The van der Waals surface area contributed by atoms with Crippen LogP contribution >= 0.6 is 0 Å². The molecule has 2 heteroatoms. The molecule has 4 aromatic rings. The number of hydrogen-bond acceptors (Lipinski definition) is 2. The van der Waals surface area contributed by atoms with Gasteiger partial charge in [0.05, 0.1) is 0 Å². The summed E-state index contributed by atoms with van der Waals surface area (Å²) in [6, 6.07) is 36.5. The maximum absolute atomic E-state index is 2.54. The third-order valence-corrected chi connectivity index (χ3v) is 10.9. The fraction of sp³-hybridized carbons (Fsp3) is 0.304. The molecule has 244 valence electrons. The van der Waals surface area contributed by atoms with Crippen LogP contribution in [-0.2, 0) is 5.41 Å². The van der Waals surface area contributed by atoms with Crippen LogP contribution in [0.1, 0.15) is 87.0 Å². The summed E-state index contributed by atoms with van der Waals surface area (Å²) in [4.78, 5) is 4.93. The molecule has 0 atom stereocenters. The van der Waals surface area contributed by atoms with Crippen LogP contribution in [-0.4, -0.2) is 0 Å². The zero-order valence-electron chi connectivity index (χ0n) is 29.3. The summed E-state index contributed by atoms with van der Waals surface area (Å²) in [7, 11) is 0. The second kappa shape index (κ2) is 13.9. The van der Waals surface area contributed by atoms with Crippen molar-refractivity contribution in [2.24, 2.45) is 0 Å². The lowest BCUT2D eigenvalue weighted by atomic mass is 9.63. The zero-order chi connectivity index (χ0) is 33.1. The fourth-order valence-corrected chi connectivity index (χ4v) is 8.05. The van der Waals surface area contributed by atoms with E-state index < -0.39 is 0 Å². The molecule has 7 rings (SSSR count). The number of allylic oxidation sites excluding steroid dienone is 8. The van der Waals surface area contributed by atoms with Crippen molar-refractivity contribution in [3.05, 3.63) is 166 Å². The summed E-state index contributed by atoms with van der Waals surface area (Å²) in [5.41, 5.74) is 16.2. The largest absolute Gasteiger partial charge is 0.318 e. The van der Waals surface area contributed by atoms with Gasteiger partial charge < -0.3 is 9.80 Å². The average molecular weight is 631 g/mol. The van der Waals surface area contributed by atoms with E-state index in [2.05, 4.69) is 159 Å². The molecular weight excluding hydrogens is 581 g/mol. The molecule has 0 aliphatic heterocycles. The molecule has 1 fully saturated rings. The number of anilines is 4. The first-order valence-electron chi connectivity index (χ1n) is 18.1. The first-order chi connectivity index (χ1) is 23.4. The minimum absolute atomic E-state index is 0.107. The highest BCUT2D eigenvalue weighted by Crippen LogP contribution is 2.49. The maximum Gasteiger partial charge on any atom is 0.0461 e. The predicted octanol–water partition coefficient (Wildman–Crippen LogP) is 13.0. The second-order valence-corrected chi connectivity index (χ2v) is 14.4. The molecule has 0 N–H and O–H groups in total. The van der Waals surface area contributed by atoms with Gasteiger partial charge in [0.25, 0.3) is 0 Å². The summed E-state index contributed by atoms with van der Waals surface area (Å²) >= 11 is 0. The van der Waals surface area contributed by atoms with Crippen LogP contribution in [0.3, 0.4) is 0 Å². The van der Waals surface area contributed by atoms with Gasteiger partial charge >= 0.3 is 0 Å². The van der Waals surface area contributed by atoms with Crippen LogP contribution in [0.4, 0.5) is 22.7 Å². The van der Waals surface area contributed by atoms with Crippen molar-refractivity contribution in [2.45, 2.75) is 90.9 Å². The minimum atomic E-state index is 0.107. The van der Waals surface area contributed by atoms with E-state index in [0.29, 0.717) is 0 Å². The lowest BCUT2D eigenvalue weighted by molar-refractivity contribution is 0.331. The molecule has 0 radical (unpaired) electrons. The van der Waals surface area contributed by atoms with Crippen molar-refractivity contribution in [1.29, 1.82) is 0 Å². The molecule has 48 heavy (non-hydrogen) atoms. The minimum Gasteiger partial charge on any atom is -0.318 e. The third kappa shape index (κ3) is 6.59. The summed E-state index contributed by atoms with van der Waals surface area (Å²) in [5, 5.41) is 0. The summed E-state index contributed by atoms with van der Waals surface area (Å²) < 4.78 is 0. The van der Waals surface area contributed by atoms with E-state index in [1.165, 1.54) is 94.1 Å². The van der Waals surface area contributed by atoms with Gasteiger partial charge in [-0.1, -0.05) is 108 Å². The van der Waals surface area contributed by atoms with Crippen LogP contribution < -0.4 is 9.80 Å². The summed E-state index contributed by atoms with van der Waals surface area (Å²) in [6.07, 6.45) is 20.4. The molecule has 0 bridgehead atoms. The second-order valence-electron chi connectivity index (χ2n) is 14.4. The average Bonchev–Trinajstić information content (AvgIpc) is 3.13. The van der Waals surface area contributed by atoms with Gasteiger partial charge in [0.2, 0.25) is 0 Å². The Morgan fingerprint density at radius 2 is 0.854 bits per heavy atom. The fourth-order valence-electron chi connectivity index (χ4n) is 8.05. The lowest BCUT2D eigenvalue weighted by Crippen LogP contribution is -2.33. The van der Waals surface area contributed by atoms with Crippen LogP contribution in [0.15, 0.2) is 144 Å². The van der Waals surface area contributed by atoms with Crippen LogP contribution in [0.25, 0.3) is 0 Å². The topological polar surface area (TPSA) is 6.48 Å². The highest BCUT2D eigenvalue weighted by atomic mass is 15.2. The van der Waals surface area contributed by atoms with Gasteiger partial charge in [-0.25, -0.2) is 0 Å². The van der Waals surface area contributed by atoms with Crippen molar-refractivity contribution in [3.8, 4) is 0 Å². The highest BCUT2D eigenvalue weighted by molar-refractivity contribution is 5.77.